The summed E-state index contributed by atoms with van der Waals surface area (Å²) in [6, 6.07) is -0.758. The van der Waals surface area contributed by atoms with Crippen LogP contribution in [-0.4, -0.2) is 73.4 Å². The molecule has 0 aliphatic heterocycles. The van der Waals surface area contributed by atoms with Crippen LogP contribution in [-0.2, 0) is 18.4 Å². The Morgan fingerprint density at radius 2 is 0.701 bits per heavy atom. The number of rotatable bonds is 65. The summed E-state index contributed by atoms with van der Waals surface area (Å²) in [5, 5.41) is 14.1. The molecule has 0 aromatic carbocycles. The average molecular weight is 1110 g/mol. The number of carbonyl (C=O) groups excluding carboxylic acids is 1. The van der Waals surface area contributed by atoms with Crippen LogP contribution < -0.4 is 5.32 Å². The smallest absolute Gasteiger partial charge is 0.391 e. The Balaban J connectivity index is 3.91. The number of nitrogens with zero attached hydrogens (tertiary/aromatic N) is 1. The highest BCUT2D eigenvalue weighted by Crippen LogP contribution is 2.43. The molecule has 3 N–H and O–H groups in total. The molecule has 0 saturated heterocycles. The summed E-state index contributed by atoms with van der Waals surface area (Å²) in [6.45, 7) is 4.95. The van der Waals surface area contributed by atoms with Crippen molar-refractivity contribution in [1.29, 1.82) is 0 Å². The fraction of sp³-hybridized carbons (Fsp3) is 0.956. The van der Waals surface area contributed by atoms with E-state index in [1.807, 2.05) is 21.1 Å². The zero-order valence-electron chi connectivity index (χ0n) is 52.7. The Labute approximate surface area is 482 Å². The fourth-order valence-electron chi connectivity index (χ4n) is 10.9. The maximum atomic E-state index is 13.0. The van der Waals surface area contributed by atoms with E-state index in [0.29, 0.717) is 23.9 Å². The first-order chi connectivity index (χ1) is 37.5. The Hall–Kier alpha value is -0.760. The maximum Gasteiger partial charge on any atom is 0.472 e. The minimum absolute atomic E-state index is 0.0781. The highest BCUT2D eigenvalue weighted by molar-refractivity contribution is 7.47. The van der Waals surface area contributed by atoms with Crippen LogP contribution in [0.2, 0.25) is 0 Å². The summed E-state index contributed by atoms with van der Waals surface area (Å²) in [6.07, 6.45) is 76.1. The number of hydrogen-bond donors (Lipinski definition) is 3. The zero-order chi connectivity index (χ0) is 56.3. The first-order valence-corrected chi connectivity index (χ1v) is 36.0. The molecular formula is C68H138N2O6P+. The van der Waals surface area contributed by atoms with Crippen LogP contribution in [0.4, 0.5) is 0 Å². The number of aliphatic hydroxyl groups excluding tert-OH is 1. The largest absolute Gasteiger partial charge is 0.472 e. The third kappa shape index (κ3) is 62.7. The lowest BCUT2D eigenvalue weighted by Crippen LogP contribution is -2.46. The van der Waals surface area contributed by atoms with Gasteiger partial charge < -0.3 is 19.8 Å². The van der Waals surface area contributed by atoms with E-state index in [2.05, 4.69) is 31.3 Å². The van der Waals surface area contributed by atoms with E-state index in [0.717, 1.165) is 38.5 Å². The Kier molecular flexibility index (Phi) is 59.3. The van der Waals surface area contributed by atoms with E-state index >= 15 is 0 Å². The highest BCUT2D eigenvalue weighted by atomic mass is 31.2. The van der Waals surface area contributed by atoms with Crippen molar-refractivity contribution in [2.45, 2.75) is 379 Å². The van der Waals surface area contributed by atoms with Crippen LogP contribution in [0.25, 0.3) is 0 Å². The van der Waals surface area contributed by atoms with Crippen LogP contribution in [0.5, 0.6) is 0 Å². The number of phosphoric acid groups is 1. The van der Waals surface area contributed by atoms with Gasteiger partial charge in [0.2, 0.25) is 5.91 Å². The fourth-order valence-corrected chi connectivity index (χ4v) is 11.6. The van der Waals surface area contributed by atoms with Crippen LogP contribution >= 0.6 is 7.82 Å². The molecule has 0 aromatic heterocycles. The molecule has 1 amide bonds. The zero-order valence-corrected chi connectivity index (χ0v) is 53.6. The third-order valence-electron chi connectivity index (χ3n) is 16.3. The van der Waals surface area contributed by atoms with Crippen molar-refractivity contribution in [3.8, 4) is 0 Å². The molecule has 0 aromatic rings. The van der Waals surface area contributed by atoms with Crippen LogP contribution in [0.3, 0.4) is 0 Å². The summed E-state index contributed by atoms with van der Waals surface area (Å²) in [7, 11) is 1.64. The van der Waals surface area contributed by atoms with Gasteiger partial charge in [0.05, 0.1) is 39.9 Å². The molecule has 0 saturated carbocycles. The van der Waals surface area contributed by atoms with Crippen LogP contribution in [0.1, 0.15) is 367 Å². The van der Waals surface area contributed by atoms with E-state index in [1.165, 1.54) is 302 Å². The molecule has 0 aliphatic rings. The number of unbranched alkanes of at least 4 members (excludes halogenated alkanes) is 50. The molecule has 0 bridgehead atoms. The van der Waals surface area contributed by atoms with Crippen molar-refractivity contribution < 1.29 is 32.9 Å². The van der Waals surface area contributed by atoms with Gasteiger partial charge >= 0.3 is 7.82 Å². The van der Waals surface area contributed by atoms with Gasteiger partial charge in [-0.3, -0.25) is 13.8 Å². The van der Waals surface area contributed by atoms with Gasteiger partial charge in [0.25, 0.3) is 0 Å². The third-order valence-corrected chi connectivity index (χ3v) is 17.2. The molecule has 0 spiro atoms. The van der Waals surface area contributed by atoms with Gasteiger partial charge in [-0.2, -0.15) is 0 Å². The van der Waals surface area contributed by atoms with Crippen molar-refractivity contribution in [2.24, 2.45) is 0 Å². The first-order valence-electron chi connectivity index (χ1n) is 34.6. The Morgan fingerprint density at radius 1 is 0.429 bits per heavy atom. The number of carbonyl (C=O) groups is 1. The predicted molar refractivity (Wildman–Crippen MR) is 337 cm³/mol. The second-order valence-electron chi connectivity index (χ2n) is 25.3. The standard InChI is InChI=1S/C68H137N2O6P/c1-6-8-10-12-14-16-18-20-22-24-26-27-28-29-30-31-32-33-34-35-36-37-38-39-40-41-42-43-44-46-48-50-52-54-56-58-60-62-68(72)69-66(65-76-77(73,74)75-64-63-70(3,4)5)67(71)61-59-57-55-53-51-49-47-45-25-23-21-19-17-15-13-11-9-7-2/h33-34,66-67,71H,6-32,35-65H2,1-5H3,(H-,69,72,73,74)/p+1/b34-33-. The van der Waals surface area contributed by atoms with Gasteiger partial charge in [-0.15, -0.1) is 0 Å². The molecule has 0 aliphatic carbocycles. The second-order valence-corrected chi connectivity index (χ2v) is 26.7. The summed E-state index contributed by atoms with van der Waals surface area (Å²) in [5.74, 6) is -0.136. The quantitative estimate of drug-likeness (QED) is 0.0243. The van der Waals surface area contributed by atoms with E-state index in [4.69, 9.17) is 9.05 Å². The molecule has 3 unspecified atom stereocenters. The lowest BCUT2D eigenvalue weighted by Gasteiger charge is -2.26. The number of phosphoric ester groups is 1. The summed E-state index contributed by atoms with van der Waals surface area (Å²) >= 11 is 0. The molecule has 0 radical (unpaired) electrons. The van der Waals surface area contributed by atoms with Crippen molar-refractivity contribution in [1.82, 2.24) is 5.32 Å². The number of aliphatic hydroxyl groups is 1. The van der Waals surface area contributed by atoms with Gasteiger partial charge in [0.1, 0.15) is 13.2 Å². The molecule has 77 heavy (non-hydrogen) atoms. The van der Waals surface area contributed by atoms with Gasteiger partial charge in [0, 0.05) is 6.42 Å². The van der Waals surface area contributed by atoms with E-state index < -0.39 is 20.0 Å². The molecule has 0 fully saturated rings. The minimum atomic E-state index is -4.32. The maximum absolute atomic E-state index is 13.0. The van der Waals surface area contributed by atoms with E-state index in [1.54, 1.807) is 0 Å². The number of likely N-dealkylation sites (N-methyl/N-ethyl adjacent to an activating group) is 1. The predicted octanol–water partition coefficient (Wildman–Crippen LogP) is 21.7. The second kappa shape index (κ2) is 59.8. The molecule has 0 rings (SSSR count). The lowest BCUT2D eigenvalue weighted by atomic mass is 10.0. The molecule has 0 heterocycles. The summed E-state index contributed by atoms with van der Waals surface area (Å²) in [5.41, 5.74) is 0. The number of amides is 1. The first kappa shape index (κ1) is 76.2. The Morgan fingerprint density at radius 3 is 1.00 bits per heavy atom. The molecule has 9 heteroatoms. The number of nitrogens with one attached hydrogen (secondary N) is 1. The molecular weight excluding hydrogens is 972 g/mol. The SMILES string of the molecule is CCCCCCCCCCCCCCCCCC/C=C\CCCCCCCCCCCCCCCCCCCC(=O)NC(COP(=O)(O)OCC[N+](C)(C)C)C(O)CCCCCCCCCCCCCCCCCCCC. The number of hydrogen-bond acceptors (Lipinski definition) is 5. The molecule has 8 nitrogen and oxygen atoms in total. The monoisotopic (exact) mass is 1110 g/mol. The Bertz CT molecular complexity index is 1260. The number of allylic oxidation sites excluding steroid dienone is 2. The summed E-state index contributed by atoms with van der Waals surface area (Å²) in [4.78, 5) is 23.4. The molecule has 460 valence electrons. The van der Waals surface area contributed by atoms with E-state index in [9.17, 15) is 19.4 Å². The van der Waals surface area contributed by atoms with Gasteiger partial charge in [-0.05, 0) is 38.5 Å². The topological polar surface area (TPSA) is 105 Å². The normalized spacial score (nSPS) is 13.7. The van der Waals surface area contributed by atoms with Gasteiger partial charge in [0.15, 0.2) is 0 Å². The highest BCUT2D eigenvalue weighted by Gasteiger charge is 2.28. The lowest BCUT2D eigenvalue weighted by molar-refractivity contribution is -0.870. The van der Waals surface area contributed by atoms with Crippen molar-refractivity contribution in [3.63, 3.8) is 0 Å². The van der Waals surface area contributed by atoms with Crippen molar-refractivity contribution >= 4 is 13.7 Å². The van der Waals surface area contributed by atoms with Gasteiger partial charge in [-0.25, -0.2) is 4.57 Å². The van der Waals surface area contributed by atoms with Crippen molar-refractivity contribution in [3.05, 3.63) is 12.2 Å². The number of quaternary nitrogens is 1. The average Bonchev–Trinajstić information content (AvgIpc) is 3.39. The van der Waals surface area contributed by atoms with E-state index in [-0.39, 0.29) is 19.1 Å². The van der Waals surface area contributed by atoms with Crippen LogP contribution in [0.15, 0.2) is 12.2 Å². The minimum Gasteiger partial charge on any atom is -0.391 e. The van der Waals surface area contributed by atoms with Crippen molar-refractivity contribution in [2.75, 3.05) is 40.9 Å². The molecule has 3 atom stereocenters. The van der Waals surface area contributed by atoms with Crippen LogP contribution in [0, 0.1) is 0 Å². The summed E-state index contributed by atoms with van der Waals surface area (Å²) < 4.78 is 23.9. The van der Waals surface area contributed by atoms with Gasteiger partial charge in [-0.1, -0.05) is 334 Å².